The van der Waals surface area contributed by atoms with Crippen molar-refractivity contribution in [2.24, 2.45) is 0 Å². The van der Waals surface area contributed by atoms with Crippen LogP contribution < -0.4 is 0 Å². The van der Waals surface area contributed by atoms with Crippen molar-refractivity contribution >= 4 is 23.8 Å². The molecule has 6 heteroatoms. The first-order valence-corrected chi connectivity index (χ1v) is 7.64. The summed E-state index contributed by atoms with van der Waals surface area (Å²) in [4.78, 5) is 27.1. The monoisotopic (exact) mass is 272 g/mol. The smallest absolute Gasteiger partial charge is 0.327 e. The molecule has 2 atom stereocenters. The summed E-state index contributed by atoms with van der Waals surface area (Å²) in [6.45, 7) is 3.35. The molecule has 2 rings (SSSR count). The van der Waals surface area contributed by atoms with E-state index in [1.54, 1.807) is 16.7 Å². The number of hydrogen-bond acceptors (Lipinski definition) is 3. The minimum absolute atomic E-state index is 0.0881. The number of carbonyl (C=O) groups is 2. The fourth-order valence-corrected chi connectivity index (χ4v) is 3.62. The van der Waals surface area contributed by atoms with E-state index < -0.39 is 12.0 Å². The molecule has 0 saturated carbocycles. The Hall–Kier alpha value is -0.910. The number of piperidine rings is 1. The zero-order valence-corrected chi connectivity index (χ0v) is 11.5. The minimum Gasteiger partial charge on any atom is -0.480 e. The molecular formula is C12H20N2O3S. The predicted molar refractivity (Wildman–Crippen MR) is 70.9 cm³/mol. The first-order chi connectivity index (χ1) is 8.61. The molecule has 2 aliphatic rings. The van der Waals surface area contributed by atoms with E-state index in [0.29, 0.717) is 12.3 Å². The van der Waals surface area contributed by atoms with Gasteiger partial charge in [-0.1, -0.05) is 0 Å². The van der Waals surface area contributed by atoms with Crippen LogP contribution in [0.1, 0.15) is 26.2 Å². The molecule has 0 aromatic rings. The SMILES string of the molecule is CC1CCCCN1C(=O)N1CCSCC1C(=O)O. The molecule has 2 fully saturated rings. The summed E-state index contributed by atoms with van der Waals surface area (Å²) in [5, 5.41) is 9.20. The van der Waals surface area contributed by atoms with Crippen LogP contribution in [-0.2, 0) is 4.79 Å². The van der Waals surface area contributed by atoms with Gasteiger partial charge in [0.05, 0.1) is 0 Å². The third kappa shape index (κ3) is 2.74. The molecule has 0 aliphatic carbocycles. The molecule has 2 heterocycles. The van der Waals surface area contributed by atoms with Crippen LogP contribution in [0.2, 0.25) is 0 Å². The lowest BCUT2D eigenvalue weighted by Crippen LogP contribution is -2.57. The Morgan fingerprint density at radius 2 is 2.00 bits per heavy atom. The normalized spacial score (nSPS) is 29.2. The molecule has 0 aromatic carbocycles. The van der Waals surface area contributed by atoms with Crippen LogP contribution >= 0.6 is 11.8 Å². The summed E-state index contributed by atoms with van der Waals surface area (Å²) in [5.41, 5.74) is 0. The van der Waals surface area contributed by atoms with Gasteiger partial charge in [-0.25, -0.2) is 9.59 Å². The Balaban J connectivity index is 2.07. The van der Waals surface area contributed by atoms with Gasteiger partial charge in [0.2, 0.25) is 0 Å². The number of urea groups is 1. The Kier molecular flexibility index (Phi) is 4.37. The van der Waals surface area contributed by atoms with Gasteiger partial charge in [-0.15, -0.1) is 0 Å². The Morgan fingerprint density at radius 1 is 1.22 bits per heavy atom. The van der Waals surface area contributed by atoms with Crippen LogP contribution in [0.5, 0.6) is 0 Å². The number of hydrogen-bond donors (Lipinski definition) is 1. The molecule has 0 aromatic heterocycles. The van der Waals surface area contributed by atoms with E-state index in [1.807, 2.05) is 11.8 Å². The zero-order chi connectivity index (χ0) is 13.1. The summed E-state index contributed by atoms with van der Waals surface area (Å²) in [7, 11) is 0. The van der Waals surface area contributed by atoms with Crippen molar-refractivity contribution in [1.82, 2.24) is 9.80 Å². The number of nitrogens with zero attached hydrogens (tertiary/aromatic N) is 2. The van der Waals surface area contributed by atoms with Gasteiger partial charge in [0.1, 0.15) is 6.04 Å². The standard InChI is InChI=1S/C12H20N2O3S/c1-9-4-2-3-5-13(9)12(17)14-6-7-18-8-10(14)11(15)16/h9-10H,2-8H2,1H3,(H,15,16). The minimum atomic E-state index is -0.889. The molecule has 2 aliphatic heterocycles. The summed E-state index contributed by atoms with van der Waals surface area (Å²) >= 11 is 1.61. The summed E-state index contributed by atoms with van der Waals surface area (Å²) < 4.78 is 0. The molecule has 102 valence electrons. The number of amides is 2. The third-order valence-corrected chi connectivity index (χ3v) is 4.73. The average molecular weight is 272 g/mol. The van der Waals surface area contributed by atoms with Crippen molar-refractivity contribution < 1.29 is 14.7 Å². The van der Waals surface area contributed by atoms with Crippen LogP contribution in [-0.4, -0.2) is 63.6 Å². The Bertz CT molecular complexity index is 337. The van der Waals surface area contributed by atoms with E-state index in [4.69, 9.17) is 0 Å². The fourth-order valence-electron chi connectivity index (χ4n) is 2.58. The predicted octanol–water partition coefficient (Wildman–Crippen LogP) is 1.48. The van der Waals surface area contributed by atoms with E-state index in [9.17, 15) is 14.7 Å². The van der Waals surface area contributed by atoms with Gasteiger partial charge in [-0.3, -0.25) is 0 Å². The van der Waals surface area contributed by atoms with E-state index >= 15 is 0 Å². The van der Waals surface area contributed by atoms with Gasteiger partial charge in [-0.2, -0.15) is 11.8 Å². The molecule has 0 radical (unpaired) electrons. The number of thioether (sulfide) groups is 1. The Morgan fingerprint density at radius 3 is 2.67 bits per heavy atom. The molecule has 5 nitrogen and oxygen atoms in total. The molecular weight excluding hydrogens is 252 g/mol. The van der Waals surface area contributed by atoms with Crippen LogP contribution in [0.3, 0.4) is 0 Å². The molecule has 18 heavy (non-hydrogen) atoms. The molecule has 0 bridgehead atoms. The maximum Gasteiger partial charge on any atom is 0.327 e. The highest BCUT2D eigenvalue weighted by Crippen LogP contribution is 2.23. The second kappa shape index (κ2) is 5.82. The van der Waals surface area contributed by atoms with Crippen molar-refractivity contribution in [2.45, 2.75) is 38.3 Å². The largest absolute Gasteiger partial charge is 0.480 e. The zero-order valence-electron chi connectivity index (χ0n) is 10.7. The summed E-state index contributed by atoms with van der Waals surface area (Å²) in [6, 6.07) is -0.518. The third-order valence-electron chi connectivity index (χ3n) is 3.71. The second-order valence-corrected chi connectivity index (χ2v) is 6.09. The highest BCUT2D eigenvalue weighted by Gasteiger charge is 2.36. The molecule has 0 spiro atoms. The van der Waals surface area contributed by atoms with Crippen molar-refractivity contribution in [1.29, 1.82) is 0 Å². The van der Waals surface area contributed by atoms with Gasteiger partial charge in [0.25, 0.3) is 0 Å². The van der Waals surface area contributed by atoms with Crippen molar-refractivity contribution in [3.8, 4) is 0 Å². The van der Waals surface area contributed by atoms with Crippen LogP contribution in [0.4, 0.5) is 4.79 Å². The molecule has 2 amide bonds. The van der Waals surface area contributed by atoms with E-state index in [0.717, 1.165) is 31.6 Å². The maximum absolute atomic E-state index is 12.5. The van der Waals surface area contributed by atoms with E-state index in [-0.39, 0.29) is 12.1 Å². The number of carboxylic acid groups (broad SMARTS) is 1. The molecule has 2 unspecified atom stereocenters. The lowest BCUT2D eigenvalue weighted by Gasteiger charge is -2.40. The molecule has 2 saturated heterocycles. The van der Waals surface area contributed by atoms with Gasteiger partial charge < -0.3 is 14.9 Å². The van der Waals surface area contributed by atoms with Gasteiger partial charge in [0, 0.05) is 30.6 Å². The van der Waals surface area contributed by atoms with Crippen molar-refractivity contribution in [3.63, 3.8) is 0 Å². The van der Waals surface area contributed by atoms with Gasteiger partial charge >= 0.3 is 12.0 Å². The quantitative estimate of drug-likeness (QED) is 0.785. The highest BCUT2D eigenvalue weighted by atomic mass is 32.2. The fraction of sp³-hybridized carbons (Fsp3) is 0.833. The average Bonchev–Trinajstić information content (AvgIpc) is 2.38. The van der Waals surface area contributed by atoms with Crippen molar-refractivity contribution in [2.75, 3.05) is 24.6 Å². The summed E-state index contributed by atoms with van der Waals surface area (Å²) in [6.07, 6.45) is 3.20. The topological polar surface area (TPSA) is 60.9 Å². The number of carbonyl (C=O) groups excluding carboxylic acids is 1. The number of likely N-dealkylation sites (tertiary alicyclic amines) is 1. The summed E-state index contributed by atoms with van der Waals surface area (Å²) in [5.74, 6) is 0.446. The lowest BCUT2D eigenvalue weighted by atomic mass is 10.0. The first kappa shape index (κ1) is 13.5. The number of aliphatic carboxylic acids is 1. The van der Waals surface area contributed by atoms with Crippen LogP contribution in [0.25, 0.3) is 0 Å². The Labute approximate surface area is 112 Å². The maximum atomic E-state index is 12.5. The lowest BCUT2D eigenvalue weighted by molar-refractivity contribution is -0.141. The number of rotatable bonds is 1. The van der Waals surface area contributed by atoms with E-state index in [2.05, 4.69) is 0 Å². The second-order valence-electron chi connectivity index (χ2n) is 4.94. The van der Waals surface area contributed by atoms with Crippen LogP contribution in [0, 0.1) is 0 Å². The highest BCUT2D eigenvalue weighted by molar-refractivity contribution is 7.99. The van der Waals surface area contributed by atoms with E-state index in [1.165, 1.54) is 0 Å². The van der Waals surface area contributed by atoms with Gasteiger partial charge in [-0.05, 0) is 26.2 Å². The van der Waals surface area contributed by atoms with Crippen molar-refractivity contribution in [3.05, 3.63) is 0 Å². The van der Waals surface area contributed by atoms with Gasteiger partial charge in [0.15, 0.2) is 0 Å². The first-order valence-electron chi connectivity index (χ1n) is 6.49. The molecule has 1 N–H and O–H groups in total. The number of carboxylic acids is 1. The van der Waals surface area contributed by atoms with Crippen LogP contribution in [0.15, 0.2) is 0 Å².